The number of hydrogen-bond donors (Lipinski definition) is 4. The molecule has 48 heavy (non-hydrogen) atoms. The lowest BCUT2D eigenvalue weighted by atomic mass is 9.90. The number of pyridine rings is 1. The number of ether oxygens (including phenoxy) is 1. The molecule has 4 N–H and O–H groups in total. The van der Waals surface area contributed by atoms with E-state index in [1.54, 1.807) is 30.3 Å². The Morgan fingerprint density at radius 1 is 0.938 bits per heavy atom. The number of carbonyl (C=O) groups excluding carboxylic acids is 4. The Labute approximate surface area is 270 Å². The molecule has 256 valence electrons. The van der Waals surface area contributed by atoms with Crippen LogP contribution in [0.3, 0.4) is 0 Å². The number of rotatable bonds is 6. The highest BCUT2D eigenvalue weighted by Gasteiger charge is 2.42. The van der Waals surface area contributed by atoms with Crippen LogP contribution < -0.4 is 10.6 Å². The molecule has 0 spiro atoms. The highest BCUT2D eigenvalue weighted by molar-refractivity contribution is 5.98. The molecular weight excluding hydrogens is 647 g/mol. The fraction of sp³-hybridized carbons (Fsp3) is 0.344. The minimum Gasteiger partial charge on any atom is -0.505 e. The molecule has 1 saturated heterocycles. The van der Waals surface area contributed by atoms with Gasteiger partial charge in [0.2, 0.25) is 17.6 Å². The number of carbonyl (C=O) groups is 4. The molecule has 1 unspecified atom stereocenters. The molecule has 1 aliphatic rings. The Kier molecular flexibility index (Phi) is 11.0. The number of aromatic nitrogens is 1. The second-order valence-corrected chi connectivity index (χ2v) is 11.3. The van der Waals surface area contributed by atoms with Gasteiger partial charge >= 0.3 is 5.97 Å². The van der Waals surface area contributed by atoms with Crippen molar-refractivity contribution >= 4 is 23.7 Å². The molecule has 16 heteroatoms. The molecule has 11 nitrogen and oxygen atoms in total. The Morgan fingerprint density at radius 3 is 2.15 bits per heavy atom. The molecule has 1 aromatic heterocycles. The summed E-state index contributed by atoms with van der Waals surface area (Å²) >= 11 is 0. The largest absolute Gasteiger partial charge is 0.505 e. The summed E-state index contributed by atoms with van der Waals surface area (Å²) in [7, 11) is 1.23. The lowest BCUT2D eigenvalue weighted by molar-refractivity contribution is -0.163. The van der Waals surface area contributed by atoms with E-state index in [0.717, 1.165) is 17.2 Å². The van der Waals surface area contributed by atoms with Crippen molar-refractivity contribution in [3.05, 3.63) is 94.6 Å². The highest BCUT2D eigenvalue weighted by atomic mass is 19.2. The van der Waals surface area contributed by atoms with Gasteiger partial charge in [-0.25, -0.2) is 31.7 Å². The molecule has 2 heterocycles. The van der Waals surface area contributed by atoms with Crippen molar-refractivity contribution in [3.63, 3.8) is 0 Å². The normalized spacial score (nSPS) is 23.9. The van der Waals surface area contributed by atoms with Gasteiger partial charge in [0.25, 0.3) is 5.91 Å². The van der Waals surface area contributed by atoms with Crippen LogP contribution in [0.1, 0.15) is 35.5 Å². The SMILES string of the molecule is C[C@H]1OC(=O)C(Cc2ccccc2)N(C)C(=O)[C@H](C)[C@H](O)[C@H](Cc2c(F)c(F)c(F)c(F)c2F)NC(=O)[C@H]1NC(=O)c1ncccc1O. The average Bonchev–Trinajstić information content (AvgIpc) is 3.07. The highest BCUT2D eigenvalue weighted by Crippen LogP contribution is 2.27. The van der Waals surface area contributed by atoms with Crippen LogP contribution in [-0.4, -0.2) is 81.2 Å². The smallest absolute Gasteiger partial charge is 0.329 e. The first-order valence-corrected chi connectivity index (χ1v) is 14.6. The lowest BCUT2D eigenvalue weighted by Crippen LogP contribution is -2.61. The summed E-state index contributed by atoms with van der Waals surface area (Å²) < 4.78 is 77.1. The van der Waals surface area contributed by atoms with E-state index in [0.29, 0.717) is 5.56 Å². The van der Waals surface area contributed by atoms with Gasteiger partial charge in [0, 0.05) is 31.6 Å². The van der Waals surface area contributed by atoms with Crippen LogP contribution in [-0.2, 0) is 32.0 Å². The van der Waals surface area contributed by atoms with E-state index in [4.69, 9.17) is 4.74 Å². The van der Waals surface area contributed by atoms with E-state index >= 15 is 0 Å². The number of halogens is 5. The predicted molar refractivity (Wildman–Crippen MR) is 156 cm³/mol. The number of amides is 3. The fourth-order valence-electron chi connectivity index (χ4n) is 5.27. The van der Waals surface area contributed by atoms with Gasteiger partial charge in [-0.2, -0.15) is 0 Å². The first-order valence-electron chi connectivity index (χ1n) is 14.6. The average molecular weight is 679 g/mol. The van der Waals surface area contributed by atoms with Gasteiger partial charge in [0.05, 0.1) is 18.1 Å². The number of aliphatic hydroxyl groups is 1. The summed E-state index contributed by atoms with van der Waals surface area (Å²) in [6.07, 6.45) is -3.73. The zero-order valence-corrected chi connectivity index (χ0v) is 25.7. The standard InChI is InChI=1S/C32H31F5N4O7/c1-14-28(43)18(13-17-21(33)23(35)25(37)24(36)22(17)34)39-29(44)26(40-30(45)27-20(42)10-7-11-38-27)15(2)48-32(47)19(41(3)31(14)46)12-16-8-5-4-6-9-16/h4-11,14-15,18-19,26,28,42-43H,12-13H2,1-3H3,(H,39,44)(H,40,45)/t14-,15-,18+,19?,26+,28+/m1/s1. The Morgan fingerprint density at radius 2 is 1.54 bits per heavy atom. The third kappa shape index (κ3) is 7.38. The topological polar surface area (TPSA) is 158 Å². The quantitative estimate of drug-likeness (QED) is 0.134. The van der Waals surface area contributed by atoms with Crippen LogP contribution >= 0.6 is 0 Å². The molecule has 0 radical (unpaired) electrons. The number of aliphatic hydroxyl groups excluding tert-OH is 1. The summed E-state index contributed by atoms with van der Waals surface area (Å²) in [4.78, 5) is 58.7. The maximum absolute atomic E-state index is 14.8. The van der Waals surface area contributed by atoms with Crippen LogP contribution in [0.15, 0.2) is 48.7 Å². The number of aromatic hydroxyl groups is 1. The van der Waals surface area contributed by atoms with Crippen molar-refractivity contribution in [3.8, 4) is 5.75 Å². The van der Waals surface area contributed by atoms with Crippen LogP contribution in [0.2, 0.25) is 0 Å². The molecule has 2 aromatic carbocycles. The van der Waals surface area contributed by atoms with Gasteiger partial charge in [-0.3, -0.25) is 14.4 Å². The second kappa shape index (κ2) is 14.8. The van der Waals surface area contributed by atoms with E-state index in [-0.39, 0.29) is 6.42 Å². The van der Waals surface area contributed by atoms with Gasteiger partial charge in [-0.1, -0.05) is 37.3 Å². The fourth-order valence-corrected chi connectivity index (χ4v) is 5.27. The number of nitrogens with zero attached hydrogens (tertiary/aromatic N) is 2. The Bertz CT molecular complexity index is 1680. The third-order valence-electron chi connectivity index (χ3n) is 8.07. The molecule has 6 atom stereocenters. The van der Waals surface area contributed by atoms with Crippen molar-refractivity contribution in [2.75, 3.05) is 7.05 Å². The third-order valence-corrected chi connectivity index (χ3v) is 8.07. The zero-order chi connectivity index (χ0) is 35.4. The zero-order valence-electron chi connectivity index (χ0n) is 25.7. The van der Waals surface area contributed by atoms with Crippen molar-refractivity contribution in [1.29, 1.82) is 0 Å². The van der Waals surface area contributed by atoms with E-state index < -0.39 is 112 Å². The number of hydrogen-bond acceptors (Lipinski definition) is 8. The van der Waals surface area contributed by atoms with E-state index in [1.807, 2.05) is 0 Å². The molecule has 0 aliphatic carbocycles. The molecule has 1 aliphatic heterocycles. The number of benzene rings is 2. The molecular formula is C32H31F5N4O7. The van der Waals surface area contributed by atoms with Crippen LogP contribution in [0, 0.1) is 35.0 Å². The van der Waals surface area contributed by atoms with Crippen LogP contribution in [0.5, 0.6) is 5.75 Å². The van der Waals surface area contributed by atoms with Crippen molar-refractivity contribution < 1.29 is 56.1 Å². The maximum atomic E-state index is 14.8. The summed E-state index contributed by atoms with van der Waals surface area (Å²) in [5, 5.41) is 25.9. The Hall–Kier alpha value is -5.12. The molecule has 3 aromatic rings. The van der Waals surface area contributed by atoms with E-state index in [9.17, 15) is 51.3 Å². The monoisotopic (exact) mass is 678 g/mol. The summed E-state index contributed by atoms with van der Waals surface area (Å²) in [6.45, 7) is 2.37. The molecule has 3 amide bonds. The summed E-state index contributed by atoms with van der Waals surface area (Å²) in [5.41, 5.74) is -1.34. The van der Waals surface area contributed by atoms with Gasteiger partial charge in [0.1, 0.15) is 23.9 Å². The minimum atomic E-state index is -2.43. The van der Waals surface area contributed by atoms with Crippen molar-refractivity contribution in [1.82, 2.24) is 20.5 Å². The van der Waals surface area contributed by atoms with Gasteiger partial charge in [0.15, 0.2) is 29.0 Å². The van der Waals surface area contributed by atoms with Crippen molar-refractivity contribution in [2.45, 2.75) is 57.0 Å². The lowest BCUT2D eigenvalue weighted by Gasteiger charge is -2.36. The summed E-state index contributed by atoms with van der Waals surface area (Å²) in [6, 6.07) is 5.75. The van der Waals surface area contributed by atoms with Gasteiger partial charge in [-0.05, 0) is 24.6 Å². The maximum Gasteiger partial charge on any atom is 0.329 e. The predicted octanol–water partition coefficient (Wildman–Crippen LogP) is 2.32. The van der Waals surface area contributed by atoms with E-state index in [2.05, 4.69) is 15.6 Å². The Balaban J connectivity index is 1.80. The second-order valence-electron chi connectivity index (χ2n) is 11.3. The van der Waals surface area contributed by atoms with Crippen LogP contribution in [0.4, 0.5) is 22.0 Å². The number of esters is 1. The molecule has 4 rings (SSSR count). The first kappa shape index (κ1) is 35.7. The summed E-state index contributed by atoms with van der Waals surface area (Å²) in [5.74, 6) is -17.8. The van der Waals surface area contributed by atoms with Gasteiger partial charge < -0.3 is 30.5 Å². The number of nitrogens with one attached hydrogen (secondary N) is 2. The van der Waals surface area contributed by atoms with Gasteiger partial charge in [-0.15, -0.1) is 0 Å². The molecule has 0 bridgehead atoms. The molecule has 0 saturated carbocycles. The van der Waals surface area contributed by atoms with Crippen molar-refractivity contribution in [2.24, 2.45) is 5.92 Å². The van der Waals surface area contributed by atoms with E-state index in [1.165, 1.54) is 27.0 Å². The first-order chi connectivity index (χ1) is 22.6. The number of likely N-dealkylation sites (N-methyl/N-ethyl adjacent to an activating group) is 1. The molecule has 1 fully saturated rings. The minimum absolute atomic E-state index is 0.101. The number of cyclic esters (lactones) is 1. The van der Waals surface area contributed by atoms with Crippen LogP contribution in [0.25, 0.3) is 0 Å².